The summed E-state index contributed by atoms with van der Waals surface area (Å²) in [6, 6.07) is 6.32. The molecule has 0 saturated heterocycles. The van der Waals surface area contributed by atoms with Crippen molar-refractivity contribution in [3.05, 3.63) is 42.5 Å². The van der Waals surface area contributed by atoms with E-state index in [4.69, 9.17) is 9.47 Å². The number of amides is 3. The van der Waals surface area contributed by atoms with Crippen molar-refractivity contribution in [2.75, 3.05) is 20.3 Å². The summed E-state index contributed by atoms with van der Waals surface area (Å²) in [5, 5.41) is 4.38. The first-order chi connectivity index (χ1) is 10.6. The van der Waals surface area contributed by atoms with Gasteiger partial charge in [0, 0.05) is 12.1 Å². The molecule has 0 aliphatic carbocycles. The van der Waals surface area contributed by atoms with Gasteiger partial charge in [0.1, 0.15) is 5.75 Å². The predicted octanol–water partition coefficient (Wildman–Crippen LogP) is 0.793. The predicted molar refractivity (Wildman–Crippen MR) is 79.4 cm³/mol. The topological polar surface area (TPSA) is 93.7 Å². The highest BCUT2D eigenvalue weighted by molar-refractivity contribution is 5.95. The molecule has 22 heavy (non-hydrogen) atoms. The van der Waals surface area contributed by atoms with Crippen LogP contribution >= 0.6 is 0 Å². The Labute approximate surface area is 128 Å². The monoisotopic (exact) mass is 306 g/mol. The van der Waals surface area contributed by atoms with Gasteiger partial charge in [0.25, 0.3) is 5.91 Å². The lowest BCUT2D eigenvalue weighted by atomic mass is 10.1. The van der Waals surface area contributed by atoms with E-state index >= 15 is 0 Å². The third-order valence-electron chi connectivity index (χ3n) is 2.55. The minimum absolute atomic E-state index is 0.0278. The van der Waals surface area contributed by atoms with Gasteiger partial charge in [-0.3, -0.25) is 14.9 Å². The first kappa shape index (κ1) is 17.2. The number of para-hydroxylation sites is 1. The van der Waals surface area contributed by atoms with E-state index in [-0.39, 0.29) is 13.0 Å². The van der Waals surface area contributed by atoms with Crippen LogP contribution in [0.1, 0.15) is 5.56 Å². The molecule has 1 aromatic carbocycles. The van der Waals surface area contributed by atoms with Gasteiger partial charge in [-0.15, -0.1) is 6.58 Å². The molecule has 0 heterocycles. The zero-order valence-corrected chi connectivity index (χ0v) is 12.3. The molecule has 7 heteroatoms. The highest BCUT2D eigenvalue weighted by Crippen LogP contribution is 2.17. The second-order valence-electron chi connectivity index (χ2n) is 4.20. The van der Waals surface area contributed by atoms with Crippen LogP contribution in [0, 0.1) is 0 Å². The fourth-order valence-electron chi connectivity index (χ4n) is 1.57. The quantitative estimate of drug-likeness (QED) is 0.574. The summed E-state index contributed by atoms with van der Waals surface area (Å²) >= 11 is 0. The van der Waals surface area contributed by atoms with Gasteiger partial charge in [0.2, 0.25) is 0 Å². The molecule has 0 radical (unpaired) electrons. The lowest BCUT2D eigenvalue weighted by Gasteiger charge is -2.08. The maximum Gasteiger partial charge on any atom is 0.321 e. The number of hydrogen-bond acceptors (Lipinski definition) is 5. The summed E-state index contributed by atoms with van der Waals surface area (Å²) in [5.41, 5.74) is 0.652. The van der Waals surface area contributed by atoms with Gasteiger partial charge in [-0.05, 0) is 6.07 Å². The maximum atomic E-state index is 11.7. The molecule has 118 valence electrons. The van der Waals surface area contributed by atoms with Crippen molar-refractivity contribution in [1.82, 2.24) is 10.6 Å². The van der Waals surface area contributed by atoms with E-state index in [1.807, 2.05) is 5.32 Å². The second kappa shape index (κ2) is 9.17. The summed E-state index contributed by atoms with van der Waals surface area (Å²) in [7, 11) is 1.50. The molecule has 0 unspecified atom stereocenters. The number of hydrogen-bond donors (Lipinski definition) is 2. The van der Waals surface area contributed by atoms with E-state index in [1.165, 1.54) is 13.2 Å². The molecule has 0 bridgehead atoms. The van der Waals surface area contributed by atoms with E-state index in [2.05, 4.69) is 11.9 Å². The molecule has 0 spiro atoms. The fraction of sp³-hybridized carbons (Fsp3) is 0.267. The molecular formula is C15H18N2O5. The Kier molecular flexibility index (Phi) is 7.18. The zero-order chi connectivity index (χ0) is 16.4. The smallest absolute Gasteiger partial charge is 0.321 e. The summed E-state index contributed by atoms with van der Waals surface area (Å²) in [6.45, 7) is 3.11. The summed E-state index contributed by atoms with van der Waals surface area (Å²) in [4.78, 5) is 34.3. The number of esters is 1. The molecule has 3 amide bonds. The number of imide groups is 1. The third kappa shape index (κ3) is 6.08. The number of urea groups is 1. The van der Waals surface area contributed by atoms with E-state index in [0.29, 0.717) is 11.3 Å². The standard InChI is InChI=1S/C15H18N2O5/c1-3-8-16-15(20)17-13(18)10-22-14(19)9-11-6-4-5-7-12(11)21-2/h3-7H,1,8-10H2,2H3,(H2,16,17,18,20). The van der Waals surface area contributed by atoms with Gasteiger partial charge in [0.05, 0.1) is 13.5 Å². The number of rotatable bonds is 7. The second-order valence-corrected chi connectivity index (χ2v) is 4.20. The molecule has 1 rings (SSSR count). The van der Waals surface area contributed by atoms with Crippen molar-refractivity contribution in [2.45, 2.75) is 6.42 Å². The molecule has 0 aliphatic rings. The van der Waals surface area contributed by atoms with Gasteiger partial charge in [-0.2, -0.15) is 0 Å². The SMILES string of the molecule is C=CCNC(=O)NC(=O)COC(=O)Cc1ccccc1OC. The van der Waals surface area contributed by atoms with Crippen LogP contribution in [0.15, 0.2) is 36.9 Å². The summed E-state index contributed by atoms with van der Waals surface area (Å²) in [6.07, 6.45) is 1.44. The molecule has 2 N–H and O–H groups in total. The van der Waals surface area contributed by atoms with Crippen molar-refractivity contribution in [3.8, 4) is 5.75 Å². The van der Waals surface area contributed by atoms with Gasteiger partial charge in [-0.25, -0.2) is 4.79 Å². The average Bonchev–Trinajstić information content (AvgIpc) is 2.51. The Morgan fingerprint density at radius 3 is 2.68 bits per heavy atom. The van der Waals surface area contributed by atoms with Gasteiger partial charge in [-0.1, -0.05) is 24.3 Å². The van der Waals surface area contributed by atoms with Crippen molar-refractivity contribution < 1.29 is 23.9 Å². The molecule has 0 saturated carbocycles. The maximum absolute atomic E-state index is 11.7. The minimum atomic E-state index is -0.713. The van der Waals surface area contributed by atoms with Crippen LogP contribution in [-0.4, -0.2) is 38.2 Å². The van der Waals surface area contributed by atoms with Gasteiger partial charge < -0.3 is 14.8 Å². The largest absolute Gasteiger partial charge is 0.496 e. The minimum Gasteiger partial charge on any atom is -0.496 e. The van der Waals surface area contributed by atoms with Crippen LogP contribution in [0.25, 0.3) is 0 Å². The fourth-order valence-corrected chi connectivity index (χ4v) is 1.57. The van der Waals surface area contributed by atoms with E-state index in [9.17, 15) is 14.4 Å². The molecule has 7 nitrogen and oxygen atoms in total. The Morgan fingerprint density at radius 2 is 2.00 bits per heavy atom. The molecular weight excluding hydrogens is 288 g/mol. The summed E-state index contributed by atoms with van der Waals surface area (Å²) in [5.74, 6) is -0.742. The first-order valence-corrected chi connectivity index (χ1v) is 6.53. The first-order valence-electron chi connectivity index (χ1n) is 6.53. The lowest BCUT2D eigenvalue weighted by Crippen LogP contribution is -2.41. The van der Waals surface area contributed by atoms with Crippen LogP contribution in [0.4, 0.5) is 4.79 Å². The number of carbonyl (C=O) groups excluding carboxylic acids is 3. The van der Waals surface area contributed by atoms with Gasteiger partial charge in [0.15, 0.2) is 6.61 Å². The Bertz CT molecular complexity index is 557. The van der Waals surface area contributed by atoms with Gasteiger partial charge >= 0.3 is 12.0 Å². The van der Waals surface area contributed by atoms with Crippen LogP contribution in [-0.2, 0) is 20.7 Å². The molecule has 0 atom stereocenters. The number of nitrogens with one attached hydrogen (secondary N) is 2. The zero-order valence-electron chi connectivity index (χ0n) is 12.3. The average molecular weight is 306 g/mol. The summed E-state index contributed by atoms with van der Waals surface area (Å²) < 4.78 is 9.92. The molecule has 0 aromatic heterocycles. The van der Waals surface area contributed by atoms with Crippen molar-refractivity contribution in [2.24, 2.45) is 0 Å². The molecule has 0 fully saturated rings. The van der Waals surface area contributed by atoms with Crippen molar-refractivity contribution in [1.29, 1.82) is 0 Å². The lowest BCUT2D eigenvalue weighted by molar-refractivity contribution is -0.147. The Balaban J connectivity index is 2.38. The van der Waals surface area contributed by atoms with Crippen LogP contribution in [0.2, 0.25) is 0 Å². The number of methoxy groups -OCH3 is 1. The van der Waals surface area contributed by atoms with E-state index < -0.39 is 24.5 Å². The number of ether oxygens (including phenoxy) is 2. The van der Waals surface area contributed by atoms with Crippen molar-refractivity contribution >= 4 is 17.9 Å². The highest BCUT2D eigenvalue weighted by Gasteiger charge is 2.12. The third-order valence-corrected chi connectivity index (χ3v) is 2.55. The van der Waals surface area contributed by atoms with Crippen LogP contribution in [0.5, 0.6) is 5.75 Å². The molecule has 1 aromatic rings. The molecule has 0 aliphatic heterocycles. The van der Waals surface area contributed by atoms with E-state index in [0.717, 1.165) is 0 Å². The highest BCUT2D eigenvalue weighted by atomic mass is 16.5. The van der Waals surface area contributed by atoms with Crippen LogP contribution in [0.3, 0.4) is 0 Å². The van der Waals surface area contributed by atoms with E-state index in [1.54, 1.807) is 24.3 Å². The van der Waals surface area contributed by atoms with Crippen molar-refractivity contribution in [3.63, 3.8) is 0 Å². The number of carbonyl (C=O) groups is 3. The number of benzene rings is 1. The van der Waals surface area contributed by atoms with Crippen LogP contribution < -0.4 is 15.4 Å². The normalized spacial score (nSPS) is 9.50. The Morgan fingerprint density at radius 1 is 1.27 bits per heavy atom. The Hall–Kier alpha value is -2.83.